The van der Waals surface area contributed by atoms with Gasteiger partial charge in [-0.2, -0.15) is 0 Å². The quantitative estimate of drug-likeness (QED) is 0.185. The fourth-order valence-corrected chi connectivity index (χ4v) is 16.8. The summed E-state index contributed by atoms with van der Waals surface area (Å²) in [6.45, 7) is 45.5. The van der Waals surface area contributed by atoms with E-state index in [9.17, 15) is 0 Å². The Morgan fingerprint density at radius 1 is 0.455 bits per heavy atom. The maximum Gasteiger partial charge on any atom is 0.248 e. The Morgan fingerprint density at radius 2 is 0.909 bits per heavy atom. The number of allylic oxidation sites excluding steroid dienone is 1. The SMILES string of the molecule is Cc1cc2c3c(c1)N(c1cc4c(cc1C)C(C)(C)CCC4(C)C)c1cc4c(cc1B3C1=C(SC3C1C(C)(C)CCC3(C)C)N2c1ccc2c(c1)C(C)(C)CCC2(C)C)C(C)(C)CCC4(C)C. The first kappa shape index (κ1) is 45.1. The van der Waals surface area contributed by atoms with Crippen molar-refractivity contribution in [2.75, 3.05) is 9.80 Å². The second kappa shape index (κ2) is 13.7. The zero-order chi connectivity index (χ0) is 47.4. The maximum atomic E-state index is 2.82. The average molecular weight is 897 g/mol. The minimum absolute atomic E-state index is 0.0901. The third kappa shape index (κ3) is 6.26. The van der Waals surface area contributed by atoms with Crippen LogP contribution in [-0.2, 0) is 32.5 Å². The van der Waals surface area contributed by atoms with Gasteiger partial charge in [-0.15, -0.1) is 11.8 Å². The van der Waals surface area contributed by atoms with Gasteiger partial charge in [-0.3, -0.25) is 0 Å². The van der Waals surface area contributed by atoms with Crippen molar-refractivity contribution in [2.24, 2.45) is 16.7 Å². The van der Waals surface area contributed by atoms with Crippen LogP contribution in [0.2, 0.25) is 0 Å². The van der Waals surface area contributed by atoms with E-state index in [4.69, 9.17) is 0 Å². The summed E-state index contributed by atoms with van der Waals surface area (Å²) in [6.07, 6.45) is 9.81. The van der Waals surface area contributed by atoms with Gasteiger partial charge in [-0.05, 0) is 206 Å². The number of nitrogens with zero attached hydrogens (tertiary/aromatic N) is 2. The first-order chi connectivity index (χ1) is 30.5. The summed E-state index contributed by atoms with van der Waals surface area (Å²) in [4.78, 5) is 5.63. The molecule has 348 valence electrons. The van der Waals surface area contributed by atoms with Crippen LogP contribution < -0.4 is 20.7 Å². The molecule has 4 heteroatoms. The molecule has 2 nitrogen and oxygen atoms in total. The standard InChI is InChI=1S/C62H81BN2S/c1-36-29-48-51-49(30-36)65(46-34-43-40(31-37(46)2)56(5,6)23-25-59(43,11)12)47-35-44-42(58(9,10)24-26-60(44,13)14)33-45(47)63(51)52-50-53(62(17,18)28-27-61(50,15)16)66-54(52)64(48)38-19-20-39-41(32-38)57(7,8)22-21-55(39,3)4/h19-20,29-35,50,53H,21-28H2,1-18H3. The minimum Gasteiger partial charge on any atom is -0.311 e. The fraction of sp³-hybridized carbons (Fsp3) is 0.581. The van der Waals surface area contributed by atoms with Gasteiger partial charge in [0.1, 0.15) is 0 Å². The predicted octanol–water partition coefficient (Wildman–Crippen LogP) is 16.2. The number of aryl methyl sites for hydroxylation is 2. The van der Waals surface area contributed by atoms with E-state index in [0.29, 0.717) is 11.2 Å². The van der Waals surface area contributed by atoms with Gasteiger partial charge in [0.05, 0.1) is 5.03 Å². The van der Waals surface area contributed by atoms with Crippen molar-refractivity contribution in [3.8, 4) is 0 Å². The highest BCUT2D eigenvalue weighted by Gasteiger charge is 2.60. The molecule has 7 aliphatic rings. The molecule has 4 aromatic carbocycles. The summed E-state index contributed by atoms with van der Waals surface area (Å²) in [5.74, 6) is 0.456. The van der Waals surface area contributed by atoms with Crippen molar-refractivity contribution < 1.29 is 0 Å². The van der Waals surface area contributed by atoms with Gasteiger partial charge >= 0.3 is 0 Å². The normalized spacial score (nSPS) is 26.9. The smallest absolute Gasteiger partial charge is 0.248 e. The van der Waals surface area contributed by atoms with Crippen LogP contribution in [0.1, 0.15) is 207 Å². The zero-order valence-electron chi connectivity index (χ0n) is 44.4. The van der Waals surface area contributed by atoms with Crippen LogP contribution in [0.4, 0.5) is 28.4 Å². The third-order valence-electron chi connectivity index (χ3n) is 19.8. The highest BCUT2D eigenvalue weighted by Crippen LogP contribution is 2.66. The maximum absolute atomic E-state index is 2.82. The van der Waals surface area contributed by atoms with Crippen molar-refractivity contribution >= 4 is 57.8 Å². The summed E-state index contributed by atoms with van der Waals surface area (Å²) in [7, 11) is 0. The van der Waals surface area contributed by atoms with Gasteiger partial charge in [0, 0.05) is 33.7 Å². The molecule has 0 bridgehead atoms. The summed E-state index contributed by atoms with van der Waals surface area (Å²) in [5, 5.41) is 2.03. The number of rotatable bonds is 2. The molecule has 0 amide bonds. The van der Waals surface area contributed by atoms with Crippen LogP contribution in [0.3, 0.4) is 0 Å². The Kier molecular flexibility index (Phi) is 9.36. The monoisotopic (exact) mass is 897 g/mol. The molecule has 66 heavy (non-hydrogen) atoms. The summed E-state index contributed by atoms with van der Waals surface area (Å²) in [5.41, 5.74) is 24.8. The average Bonchev–Trinajstić information content (AvgIpc) is 3.64. The second-order valence-electron chi connectivity index (χ2n) is 28.2. The molecule has 0 N–H and O–H groups in total. The molecule has 3 aliphatic heterocycles. The molecule has 4 aromatic rings. The number of benzene rings is 4. The van der Waals surface area contributed by atoms with Crippen LogP contribution in [0.5, 0.6) is 0 Å². The predicted molar refractivity (Wildman–Crippen MR) is 289 cm³/mol. The van der Waals surface area contributed by atoms with Crippen molar-refractivity contribution in [3.05, 3.63) is 110 Å². The van der Waals surface area contributed by atoms with Crippen molar-refractivity contribution in [2.45, 2.75) is 214 Å². The van der Waals surface area contributed by atoms with Crippen molar-refractivity contribution in [3.63, 3.8) is 0 Å². The topological polar surface area (TPSA) is 6.48 Å². The number of thioether (sulfide) groups is 1. The highest BCUT2D eigenvalue weighted by atomic mass is 32.2. The Balaban J connectivity index is 1.27. The lowest BCUT2D eigenvalue weighted by atomic mass is 9.29. The zero-order valence-corrected chi connectivity index (χ0v) is 45.2. The van der Waals surface area contributed by atoms with E-state index < -0.39 is 0 Å². The van der Waals surface area contributed by atoms with E-state index >= 15 is 0 Å². The molecule has 3 heterocycles. The summed E-state index contributed by atoms with van der Waals surface area (Å²) < 4.78 is 0. The number of fused-ring (bicyclic) bond motifs is 8. The van der Waals surface area contributed by atoms with Crippen molar-refractivity contribution in [1.82, 2.24) is 0 Å². The first-order valence-corrected chi connectivity index (χ1v) is 27.0. The van der Waals surface area contributed by atoms with E-state index in [0.717, 1.165) is 0 Å². The fourth-order valence-electron chi connectivity index (χ4n) is 14.8. The Hall–Kier alpha value is -3.37. The lowest BCUT2D eigenvalue weighted by Gasteiger charge is -2.52. The molecule has 11 rings (SSSR count). The summed E-state index contributed by atoms with van der Waals surface area (Å²) in [6, 6.07) is 23.7. The van der Waals surface area contributed by atoms with E-state index in [1.165, 1.54) is 118 Å². The number of hydrogen-bond donors (Lipinski definition) is 0. The first-order valence-electron chi connectivity index (χ1n) is 26.1. The lowest BCUT2D eigenvalue weighted by molar-refractivity contribution is 0.0926. The largest absolute Gasteiger partial charge is 0.311 e. The van der Waals surface area contributed by atoms with Crippen LogP contribution in [0, 0.1) is 30.6 Å². The van der Waals surface area contributed by atoms with Gasteiger partial charge in [0.15, 0.2) is 0 Å². The molecule has 1 fully saturated rings. The Labute approximate surface area is 405 Å². The Morgan fingerprint density at radius 3 is 1.47 bits per heavy atom. The van der Waals surface area contributed by atoms with Gasteiger partial charge < -0.3 is 9.80 Å². The van der Waals surface area contributed by atoms with E-state index in [2.05, 4.69) is 201 Å². The molecule has 0 spiro atoms. The number of anilines is 5. The molecule has 0 saturated heterocycles. The molecule has 4 aliphatic carbocycles. The molecule has 2 unspecified atom stereocenters. The van der Waals surface area contributed by atoms with Crippen LogP contribution in [0.15, 0.2) is 65.1 Å². The molecule has 2 atom stereocenters. The van der Waals surface area contributed by atoms with E-state index in [1.54, 1.807) is 27.7 Å². The Bertz CT molecular complexity index is 2810. The van der Waals surface area contributed by atoms with E-state index in [-0.39, 0.29) is 50.0 Å². The molecular weight excluding hydrogens is 816 g/mol. The van der Waals surface area contributed by atoms with Gasteiger partial charge in [-0.25, -0.2) is 0 Å². The summed E-state index contributed by atoms with van der Waals surface area (Å²) >= 11 is 2.26. The number of hydrogen-bond acceptors (Lipinski definition) is 3. The van der Waals surface area contributed by atoms with E-state index in [1.807, 2.05) is 0 Å². The molecule has 0 aromatic heterocycles. The van der Waals surface area contributed by atoms with Gasteiger partial charge in [0.25, 0.3) is 0 Å². The van der Waals surface area contributed by atoms with Gasteiger partial charge in [0.2, 0.25) is 6.71 Å². The molecule has 1 saturated carbocycles. The lowest BCUT2D eigenvalue weighted by Crippen LogP contribution is -2.59. The van der Waals surface area contributed by atoms with Gasteiger partial charge in [-0.1, -0.05) is 134 Å². The molecule has 0 radical (unpaired) electrons. The minimum atomic E-state index is 0.0901. The highest BCUT2D eigenvalue weighted by molar-refractivity contribution is 8.04. The van der Waals surface area contributed by atoms with Crippen LogP contribution in [0.25, 0.3) is 0 Å². The van der Waals surface area contributed by atoms with Crippen LogP contribution in [-0.4, -0.2) is 12.0 Å². The second-order valence-corrected chi connectivity index (χ2v) is 29.4. The molecular formula is C62H81BN2S. The third-order valence-corrected chi connectivity index (χ3v) is 21.6. The van der Waals surface area contributed by atoms with Crippen LogP contribution >= 0.6 is 11.8 Å². The van der Waals surface area contributed by atoms with Crippen molar-refractivity contribution in [1.29, 1.82) is 0 Å².